The summed E-state index contributed by atoms with van der Waals surface area (Å²) >= 11 is 0. The normalized spacial score (nSPS) is 18.5. The van der Waals surface area contributed by atoms with E-state index in [9.17, 15) is 39.9 Å². The molecule has 32 heavy (non-hydrogen) atoms. The molecule has 1 aliphatic rings. The molecule has 3 aromatic rings. The molecule has 1 atom stereocenters. The predicted molar refractivity (Wildman–Crippen MR) is 94.1 cm³/mol. The second kappa shape index (κ2) is 7.04. The number of aromatic nitrogens is 5. The lowest BCUT2D eigenvalue weighted by atomic mass is 10.1. The van der Waals surface area contributed by atoms with Gasteiger partial charge in [-0.2, -0.15) is 31.4 Å². The van der Waals surface area contributed by atoms with E-state index in [1.54, 1.807) is 0 Å². The van der Waals surface area contributed by atoms with Crippen molar-refractivity contribution in [2.24, 2.45) is 5.92 Å². The minimum Gasteiger partial charge on any atom is -0.314 e. The predicted octanol–water partition coefficient (Wildman–Crippen LogP) is 4.29. The molecule has 1 saturated carbocycles. The molecule has 0 saturated heterocycles. The van der Waals surface area contributed by atoms with Gasteiger partial charge in [0, 0.05) is 49.1 Å². The first kappa shape index (κ1) is 22.3. The lowest BCUT2D eigenvalue weighted by Crippen LogP contribution is -2.24. The van der Waals surface area contributed by atoms with Crippen LogP contribution >= 0.6 is 0 Å². The van der Waals surface area contributed by atoms with E-state index in [1.165, 1.54) is 13.1 Å². The number of alkyl halides is 8. The first-order valence-electron chi connectivity index (χ1n) is 9.34. The molecule has 3 aromatic heterocycles. The summed E-state index contributed by atoms with van der Waals surface area (Å²) in [5.41, 5.74) is -3.70. The molecule has 0 radical (unpaired) electrons. The van der Waals surface area contributed by atoms with Crippen LogP contribution in [0.3, 0.4) is 0 Å². The highest BCUT2D eigenvalue weighted by Gasteiger charge is 2.57. The highest BCUT2D eigenvalue weighted by molar-refractivity contribution is 5.65. The molecule has 0 aromatic carbocycles. The molecular formula is C18H15F8N5O. The first-order chi connectivity index (χ1) is 14.7. The number of nitrogens with zero attached hydrogens (tertiary/aromatic N) is 5. The van der Waals surface area contributed by atoms with Gasteiger partial charge in [-0.1, -0.05) is 0 Å². The SMILES string of the molecule is Cc1cn2c(=O)c(-c3cnn(CCC(F)(F)F)c3)c(C(F)(F)F)nc2n1CC1CC1(F)F. The summed E-state index contributed by atoms with van der Waals surface area (Å²) < 4.78 is 108. The molecule has 3 heterocycles. The van der Waals surface area contributed by atoms with Crippen molar-refractivity contribution in [3.8, 4) is 11.1 Å². The van der Waals surface area contributed by atoms with E-state index in [0.717, 1.165) is 26.0 Å². The lowest BCUT2D eigenvalue weighted by molar-refractivity contribution is -0.140. The molecule has 1 unspecified atom stereocenters. The smallest absolute Gasteiger partial charge is 0.314 e. The molecule has 6 nitrogen and oxygen atoms in total. The minimum absolute atomic E-state index is 0.253. The second-order valence-electron chi connectivity index (χ2n) is 7.71. The van der Waals surface area contributed by atoms with Crippen molar-refractivity contribution < 1.29 is 35.1 Å². The van der Waals surface area contributed by atoms with E-state index >= 15 is 0 Å². The molecule has 0 aliphatic heterocycles. The van der Waals surface area contributed by atoms with Crippen LogP contribution in [-0.4, -0.2) is 35.8 Å². The van der Waals surface area contributed by atoms with Crippen molar-refractivity contribution in [2.45, 2.75) is 51.1 Å². The molecule has 0 N–H and O–H groups in total. The number of fused-ring (bicyclic) bond motifs is 1. The number of hydrogen-bond donors (Lipinski definition) is 0. The summed E-state index contributed by atoms with van der Waals surface area (Å²) in [6.45, 7) is 0.484. The Balaban J connectivity index is 1.82. The summed E-state index contributed by atoms with van der Waals surface area (Å²) in [7, 11) is 0. The van der Waals surface area contributed by atoms with E-state index in [2.05, 4.69) is 10.1 Å². The third-order valence-electron chi connectivity index (χ3n) is 5.25. The zero-order chi connectivity index (χ0) is 23.6. The topological polar surface area (TPSA) is 57.1 Å². The molecular weight excluding hydrogens is 454 g/mol. The quantitative estimate of drug-likeness (QED) is 0.524. The first-order valence-corrected chi connectivity index (χ1v) is 9.34. The van der Waals surface area contributed by atoms with Gasteiger partial charge in [0.25, 0.3) is 11.5 Å². The Morgan fingerprint density at radius 2 is 1.81 bits per heavy atom. The average molecular weight is 469 g/mol. The Hall–Kier alpha value is -2.93. The Morgan fingerprint density at radius 1 is 1.16 bits per heavy atom. The maximum atomic E-state index is 13.8. The third kappa shape index (κ3) is 4.09. The summed E-state index contributed by atoms with van der Waals surface area (Å²) in [5.74, 6) is -4.45. The van der Waals surface area contributed by atoms with Crippen LogP contribution in [0.2, 0.25) is 0 Å². The van der Waals surface area contributed by atoms with Crippen LogP contribution < -0.4 is 5.56 Å². The van der Waals surface area contributed by atoms with Gasteiger partial charge in [0.15, 0.2) is 5.69 Å². The summed E-state index contributed by atoms with van der Waals surface area (Å²) in [6, 6.07) is 0. The van der Waals surface area contributed by atoms with Gasteiger partial charge < -0.3 is 4.57 Å². The van der Waals surface area contributed by atoms with Crippen molar-refractivity contribution in [3.63, 3.8) is 0 Å². The zero-order valence-corrected chi connectivity index (χ0v) is 16.3. The number of rotatable bonds is 5. The third-order valence-corrected chi connectivity index (χ3v) is 5.25. The van der Waals surface area contributed by atoms with E-state index in [1.807, 2.05) is 0 Å². The van der Waals surface area contributed by atoms with Crippen molar-refractivity contribution >= 4 is 5.78 Å². The van der Waals surface area contributed by atoms with Gasteiger partial charge in [-0.25, -0.2) is 13.8 Å². The van der Waals surface area contributed by atoms with Crippen LogP contribution in [0.15, 0.2) is 23.4 Å². The van der Waals surface area contributed by atoms with E-state index < -0.39 is 66.2 Å². The van der Waals surface area contributed by atoms with E-state index in [-0.39, 0.29) is 17.8 Å². The Bertz CT molecular complexity index is 1230. The van der Waals surface area contributed by atoms with Crippen LogP contribution in [0.4, 0.5) is 35.1 Å². The van der Waals surface area contributed by atoms with Gasteiger partial charge in [0.2, 0.25) is 5.78 Å². The fourth-order valence-corrected chi connectivity index (χ4v) is 3.48. The maximum absolute atomic E-state index is 13.8. The number of hydrogen-bond acceptors (Lipinski definition) is 3. The van der Waals surface area contributed by atoms with E-state index in [4.69, 9.17) is 0 Å². The maximum Gasteiger partial charge on any atom is 0.434 e. The van der Waals surface area contributed by atoms with Crippen molar-refractivity contribution in [2.75, 3.05) is 0 Å². The number of aryl methyl sites for hydroxylation is 2. The van der Waals surface area contributed by atoms with Crippen molar-refractivity contribution in [1.82, 2.24) is 23.7 Å². The van der Waals surface area contributed by atoms with Crippen LogP contribution in [0, 0.1) is 12.8 Å². The Morgan fingerprint density at radius 3 is 2.38 bits per heavy atom. The molecule has 4 rings (SSSR count). The number of imidazole rings is 1. The van der Waals surface area contributed by atoms with Gasteiger partial charge in [0.05, 0.1) is 18.2 Å². The van der Waals surface area contributed by atoms with Gasteiger partial charge in [-0.05, 0) is 6.92 Å². The molecule has 1 fully saturated rings. The standard InChI is InChI=1S/C18H15F8N5O/c1-9-6-31-14(32)12(10-5-27-29(7-10)3-2-17(21,22)23)13(18(24,25)26)28-15(31)30(9)8-11-4-16(11,19)20/h5-7,11H,2-4,8H2,1H3. The fourth-order valence-electron chi connectivity index (χ4n) is 3.48. The highest BCUT2D eigenvalue weighted by Crippen LogP contribution is 2.49. The van der Waals surface area contributed by atoms with Gasteiger partial charge >= 0.3 is 12.4 Å². The van der Waals surface area contributed by atoms with Crippen LogP contribution in [-0.2, 0) is 19.3 Å². The molecule has 0 amide bonds. The van der Waals surface area contributed by atoms with Crippen LogP contribution in [0.1, 0.15) is 24.2 Å². The zero-order valence-electron chi connectivity index (χ0n) is 16.3. The van der Waals surface area contributed by atoms with Crippen molar-refractivity contribution in [3.05, 3.63) is 40.3 Å². The fraction of sp³-hybridized carbons (Fsp3) is 0.500. The van der Waals surface area contributed by atoms with Crippen molar-refractivity contribution in [1.29, 1.82) is 0 Å². The molecule has 174 valence electrons. The Kier molecular flexibility index (Phi) is 4.90. The molecule has 1 aliphatic carbocycles. The van der Waals surface area contributed by atoms with E-state index in [0.29, 0.717) is 0 Å². The lowest BCUT2D eigenvalue weighted by Gasteiger charge is -2.12. The Labute approximate surface area is 174 Å². The summed E-state index contributed by atoms with van der Waals surface area (Å²) in [5, 5.41) is 3.61. The summed E-state index contributed by atoms with van der Waals surface area (Å²) in [4.78, 5) is 16.5. The minimum atomic E-state index is -5.09. The van der Waals surface area contributed by atoms with Crippen LogP contribution in [0.5, 0.6) is 0 Å². The monoisotopic (exact) mass is 469 g/mol. The van der Waals surface area contributed by atoms with Crippen LogP contribution in [0.25, 0.3) is 16.9 Å². The number of halogens is 8. The summed E-state index contributed by atoms with van der Waals surface area (Å²) in [6.07, 6.45) is -8.33. The second-order valence-corrected chi connectivity index (χ2v) is 7.71. The molecule has 0 spiro atoms. The van der Waals surface area contributed by atoms with Gasteiger partial charge in [0.1, 0.15) is 0 Å². The largest absolute Gasteiger partial charge is 0.434 e. The van der Waals surface area contributed by atoms with Gasteiger partial charge in [-0.15, -0.1) is 0 Å². The molecule has 14 heteroatoms. The molecule has 0 bridgehead atoms. The van der Waals surface area contributed by atoms with Gasteiger partial charge in [-0.3, -0.25) is 13.9 Å². The average Bonchev–Trinajstić information content (AvgIpc) is 2.97. The highest BCUT2D eigenvalue weighted by atomic mass is 19.4.